The highest BCUT2D eigenvalue weighted by molar-refractivity contribution is 5.29. The van der Waals surface area contributed by atoms with Crippen molar-refractivity contribution in [2.75, 3.05) is 33.9 Å². The van der Waals surface area contributed by atoms with Gasteiger partial charge in [-0.25, -0.2) is 0 Å². The molecule has 3 aromatic rings. The highest BCUT2D eigenvalue weighted by Crippen LogP contribution is 2.41. The van der Waals surface area contributed by atoms with Crippen LogP contribution in [0.5, 0.6) is 0 Å². The average molecular weight is 464 g/mol. The number of aromatic nitrogens is 2. The van der Waals surface area contributed by atoms with Gasteiger partial charge in [-0.1, -0.05) is 97.9 Å². The smallest absolute Gasteiger partial charge is 0.226 e. The standard InChI is InChI=1S/C28H37N3O3/c1-31(2,19-21-33-20-18-23-12-6-3-7-13-23)22-26-29-27(34-30-26)28(32,24-14-8-4-9-15-24)25-16-10-5-11-17-25/h3-4,6-9,12-15,25H,5,10-11,16-22H2,1-2H3. The predicted molar refractivity (Wildman–Crippen MR) is 130 cm³/mol. The minimum Gasteiger partial charge on any atom is -0.839 e. The van der Waals surface area contributed by atoms with Gasteiger partial charge in [0.25, 0.3) is 0 Å². The Balaban J connectivity index is 1.37. The predicted octanol–water partition coefficient (Wildman–Crippen LogP) is 4.09. The van der Waals surface area contributed by atoms with Crippen LogP contribution in [-0.2, 0) is 23.3 Å². The van der Waals surface area contributed by atoms with Crippen molar-refractivity contribution in [1.82, 2.24) is 10.1 Å². The fraction of sp³-hybridized carbons (Fsp3) is 0.500. The molecular formula is C28H37N3O3. The molecule has 4 rings (SSSR count). The van der Waals surface area contributed by atoms with E-state index in [2.05, 4.69) is 48.5 Å². The summed E-state index contributed by atoms with van der Waals surface area (Å²) in [7, 11) is 4.25. The van der Waals surface area contributed by atoms with E-state index in [0.29, 0.717) is 30.1 Å². The molecule has 1 aromatic heterocycles. The normalized spacial score (nSPS) is 16.9. The molecule has 0 aliphatic heterocycles. The molecule has 182 valence electrons. The quantitative estimate of drug-likeness (QED) is 0.316. The van der Waals surface area contributed by atoms with Crippen LogP contribution in [-0.4, -0.2) is 48.5 Å². The van der Waals surface area contributed by atoms with Crippen LogP contribution in [0, 0.1) is 5.92 Å². The molecule has 6 heteroatoms. The average Bonchev–Trinajstić information content (AvgIpc) is 3.33. The molecule has 34 heavy (non-hydrogen) atoms. The van der Waals surface area contributed by atoms with Crippen LogP contribution in [0.1, 0.15) is 54.9 Å². The zero-order chi connectivity index (χ0) is 23.9. The Bertz CT molecular complexity index is 1000. The number of benzene rings is 2. The summed E-state index contributed by atoms with van der Waals surface area (Å²) in [6, 6.07) is 19.9. The van der Waals surface area contributed by atoms with Gasteiger partial charge in [0.15, 0.2) is 0 Å². The summed E-state index contributed by atoms with van der Waals surface area (Å²) >= 11 is 0. The number of nitrogens with zero attached hydrogens (tertiary/aromatic N) is 3. The maximum atomic E-state index is 14.4. The van der Waals surface area contributed by atoms with E-state index in [9.17, 15) is 5.11 Å². The molecule has 0 spiro atoms. The molecule has 1 saturated carbocycles. The van der Waals surface area contributed by atoms with Gasteiger partial charge < -0.3 is 18.8 Å². The van der Waals surface area contributed by atoms with Gasteiger partial charge in [-0.15, -0.1) is 0 Å². The van der Waals surface area contributed by atoms with E-state index in [-0.39, 0.29) is 11.8 Å². The maximum Gasteiger partial charge on any atom is 0.226 e. The van der Waals surface area contributed by atoms with E-state index in [0.717, 1.165) is 44.2 Å². The molecule has 1 aliphatic rings. The molecule has 0 saturated heterocycles. The van der Waals surface area contributed by atoms with Gasteiger partial charge in [-0.2, -0.15) is 4.98 Å². The Hall–Kier alpha value is -2.54. The largest absolute Gasteiger partial charge is 0.839 e. The van der Waals surface area contributed by atoms with Crippen LogP contribution in [0.25, 0.3) is 0 Å². The minimum absolute atomic E-state index is 0.0301. The summed E-state index contributed by atoms with van der Waals surface area (Å²) in [6.45, 7) is 2.76. The Morgan fingerprint density at radius 2 is 1.65 bits per heavy atom. The van der Waals surface area contributed by atoms with E-state index >= 15 is 0 Å². The first-order chi connectivity index (χ1) is 16.5. The third-order valence-corrected chi connectivity index (χ3v) is 6.96. The van der Waals surface area contributed by atoms with Crippen LogP contribution in [0.3, 0.4) is 0 Å². The summed E-state index contributed by atoms with van der Waals surface area (Å²) < 4.78 is 12.2. The van der Waals surface area contributed by atoms with E-state index < -0.39 is 5.60 Å². The molecule has 0 amide bonds. The number of quaternary nitrogens is 1. The monoisotopic (exact) mass is 463 g/mol. The van der Waals surface area contributed by atoms with E-state index in [4.69, 9.17) is 9.26 Å². The number of hydrogen-bond acceptors (Lipinski definition) is 5. The number of hydrogen-bond donors (Lipinski definition) is 0. The van der Waals surface area contributed by atoms with Gasteiger partial charge in [-0.05, 0) is 29.1 Å². The van der Waals surface area contributed by atoms with Crippen molar-refractivity contribution in [2.45, 2.75) is 50.7 Å². The lowest BCUT2D eigenvalue weighted by molar-refractivity contribution is -0.904. The molecule has 1 atom stereocenters. The zero-order valence-electron chi connectivity index (χ0n) is 20.5. The van der Waals surface area contributed by atoms with Gasteiger partial charge in [0.1, 0.15) is 13.1 Å². The van der Waals surface area contributed by atoms with Crippen LogP contribution in [0.2, 0.25) is 0 Å². The minimum atomic E-state index is -1.50. The van der Waals surface area contributed by atoms with Crippen molar-refractivity contribution in [3.63, 3.8) is 0 Å². The fourth-order valence-electron chi connectivity index (χ4n) is 4.91. The molecule has 1 aliphatic carbocycles. The molecule has 0 bridgehead atoms. The lowest BCUT2D eigenvalue weighted by Gasteiger charge is -2.46. The third kappa shape index (κ3) is 6.12. The summed E-state index contributed by atoms with van der Waals surface area (Å²) in [6.07, 6.45) is 6.06. The van der Waals surface area contributed by atoms with Crippen molar-refractivity contribution < 1.29 is 18.8 Å². The van der Waals surface area contributed by atoms with E-state index in [1.807, 2.05) is 36.4 Å². The van der Waals surface area contributed by atoms with Crippen LogP contribution in [0.4, 0.5) is 0 Å². The van der Waals surface area contributed by atoms with Crippen molar-refractivity contribution in [3.8, 4) is 0 Å². The highest BCUT2D eigenvalue weighted by atomic mass is 16.5. The molecule has 1 fully saturated rings. The van der Waals surface area contributed by atoms with Gasteiger partial charge in [0.05, 0.1) is 27.3 Å². The lowest BCUT2D eigenvalue weighted by Crippen LogP contribution is -2.49. The number of rotatable bonds is 11. The zero-order valence-corrected chi connectivity index (χ0v) is 20.5. The first kappa shape index (κ1) is 24.6. The molecule has 2 aromatic carbocycles. The summed E-state index contributed by atoms with van der Waals surface area (Å²) in [5, 5.41) is 18.6. The highest BCUT2D eigenvalue weighted by Gasteiger charge is 2.37. The van der Waals surface area contributed by atoms with Gasteiger partial charge in [-0.3, -0.25) is 0 Å². The molecule has 0 radical (unpaired) electrons. The van der Waals surface area contributed by atoms with E-state index in [1.165, 1.54) is 12.0 Å². The Labute approximate surface area is 203 Å². The van der Waals surface area contributed by atoms with Crippen molar-refractivity contribution in [2.24, 2.45) is 5.92 Å². The van der Waals surface area contributed by atoms with E-state index in [1.54, 1.807) is 0 Å². The molecular weight excluding hydrogens is 426 g/mol. The summed E-state index contributed by atoms with van der Waals surface area (Å²) in [4.78, 5) is 4.66. The molecule has 6 nitrogen and oxygen atoms in total. The lowest BCUT2D eigenvalue weighted by atomic mass is 9.73. The summed E-state index contributed by atoms with van der Waals surface area (Å²) in [5.41, 5.74) is 0.510. The van der Waals surface area contributed by atoms with Gasteiger partial charge in [0, 0.05) is 0 Å². The topological polar surface area (TPSA) is 71.2 Å². The maximum absolute atomic E-state index is 14.4. The second-order valence-electron chi connectivity index (χ2n) is 10.1. The van der Waals surface area contributed by atoms with Gasteiger partial charge >= 0.3 is 0 Å². The Kier molecular flexibility index (Phi) is 8.14. The second-order valence-corrected chi connectivity index (χ2v) is 10.1. The van der Waals surface area contributed by atoms with Crippen molar-refractivity contribution in [3.05, 3.63) is 83.5 Å². The van der Waals surface area contributed by atoms with Crippen LogP contribution in [0.15, 0.2) is 65.2 Å². The van der Waals surface area contributed by atoms with Crippen molar-refractivity contribution in [1.29, 1.82) is 0 Å². The first-order valence-corrected chi connectivity index (χ1v) is 12.5. The van der Waals surface area contributed by atoms with Crippen LogP contribution < -0.4 is 5.11 Å². The van der Waals surface area contributed by atoms with Crippen molar-refractivity contribution >= 4 is 0 Å². The number of ether oxygens (including phenoxy) is 1. The number of likely N-dealkylation sites (N-methyl/N-ethyl adjacent to an activating group) is 1. The van der Waals surface area contributed by atoms with Crippen LogP contribution >= 0.6 is 0 Å². The molecule has 1 unspecified atom stereocenters. The Morgan fingerprint density at radius 1 is 0.971 bits per heavy atom. The summed E-state index contributed by atoms with van der Waals surface area (Å²) in [5.74, 6) is 0.758. The SMILES string of the molecule is C[N+](C)(CCOCCc1ccccc1)Cc1noc(C([O-])(c2ccccc2)C2CCCCC2)n1. The van der Waals surface area contributed by atoms with Gasteiger partial charge in [0.2, 0.25) is 11.7 Å². The Morgan fingerprint density at radius 3 is 2.35 bits per heavy atom. The first-order valence-electron chi connectivity index (χ1n) is 12.5. The fourth-order valence-corrected chi connectivity index (χ4v) is 4.91. The molecule has 0 N–H and O–H groups in total. The third-order valence-electron chi connectivity index (χ3n) is 6.96. The molecule has 1 heterocycles. The second kappa shape index (κ2) is 11.3.